The molecule has 1 aromatic rings. The van der Waals surface area contributed by atoms with E-state index in [0.717, 1.165) is 11.3 Å². The number of nitrogens with two attached hydrogens (primary N) is 2. The molecule has 0 saturated carbocycles. The Bertz CT molecular complexity index is 625. The molecule has 1 atom stereocenters. The summed E-state index contributed by atoms with van der Waals surface area (Å²) in [6, 6.07) is 4.52. The van der Waals surface area contributed by atoms with Crippen molar-refractivity contribution in [3.63, 3.8) is 0 Å². The van der Waals surface area contributed by atoms with Crippen LogP contribution in [-0.4, -0.2) is 11.3 Å². The average molecular weight is 309 g/mol. The highest BCUT2D eigenvalue weighted by Gasteiger charge is 2.30. The van der Waals surface area contributed by atoms with Crippen molar-refractivity contribution in [2.75, 3.05) is 5.73 Å². The number of nitrogens with zero attached hydrogens (tertiary/aromatic N) is 1. The lowest BCUT2D eigenvalue weighted by atomic mass is 9.91. The predicted octanol–water partition coefficient (Wildman–Crippen LogP) is 2.40. The van der Waals surface area contributed by atoms with Crippen LogP contribution in [0.2, 0.25) is 0 Å². The smallest absolute Gasteiger partial charge is 0.373 e. The molecular weight excluding hydrogens is 293 g/mol. The maximum absolute atomic E-state index is 14.0. The number of rotatable bonds is 2. The Labute approximate surface area is 126 Å². The normalized spacial score (nSPS) is 20.5. The first-order chi connectivity index (χ1) is 9.86. The average Bonchev–Trinajstić information content (AvgIpc) is 2.41. The largest absolute Gasteiger partial charge is 0.399 e. The predicted molar refractivity (Wildman–Crippen MR) is 80.8 cm³/mol. The first-order valence-corrected chi connectivity index (χ1v) is 6.97. The minimum absolute atomic E-state index is 0.250. The lowest BCUT2D eigenvalue weighted by molar-refractivity contribution is -0.191. The summed E-state index contributed by atoms with van der Waals surface area (Å²) in [5.41, 5.74) is 11.7. The van der Waals surface area contributed by atoms with Gasteiger partial charge in [0, 0.05) is 11.3 Å². The van der Waals surface area contributed by atoms with Crippen LogP contribution in [0.25, 0.3) is 0 Å². The number of benzene rings is 1. The molecule has 0 aromatic heterocycles. The van der Waals surface area contributed by atoms with Gasteiger partial charge in [-0.05, 0) is 42.5 Å². The van der Waals surface area contributed by atoms with E-state index < -0.39 is 5.54 Å². The fraction of sp³-hybridized carbons (Fsp3) is 0.286. The van der Waals surface area contributed by atoms with E-state index in [1.807, 2.05) is 19.9 Å². The molecule has 7 heteroatoms. The second kappa shape index (κ2) is 7.06. The van der Waals surface area contributed by atoms with Gasteiger partial charge in [0.15, 0.2) is 5.17 Å². The zero-order valence-electron chi connectivity index (χ0n) is 11.7. The van der Waals surface area contributed by atoms with Gasteiger partial charge in [-0.1, -0.05) is 18.7 Å². The molecule has 2 rings (SSSR count). The SMILES string of the molecule is CCC1=C[C@@](C)(c2cc(N)ccc2F)N=C(N)S1.O=C=O. The zero-order valence-corrected chi connectivity index (χ0v) is 12.5. The van der Waals surface area contributed by atoms with Gasteiger partial charge >= 0.3 is 6.15 Å². The Kier molecular flexibility index (Phi) is 5.69. The topological polar surface area (TPSA) is 98.5 Å². The van der Waals surface area contributed by atoms with Crippen LogP contribution in [0.1, 0.15) is 25.8 Å². The molecule has 0 amide bonds. The van der Waals surface area contributed by atoms with Crippen LogP contribution in [0, 0.1) is 5.82 Å². The number of hydrogen-bond donors (Lipinski definition) is 2. The first-order valence-electron chi connectivity index (χ1n) is 6.16. The number of hydrogen-bond acceptors (Lipinski definition) is 6. The van der Waals surface area contributed by atoms with Gasteiger partial charge in [-0.15, -0.1) is 0 Å². The highest BCUT2D eigenvalue weighted by Crippen LogP contribution is 2.38. The molecule has 4 N–H and O–H groups in total. The number of anilines is 1. The molecule has 0 spiro atoms. The monoisotopic (exact) mass is 309 g/mol. The molecule has 21 heavy (non-hydrogen) atoms. The van der Waals surface area contributed by atoms with Crippen molar-refractivity contribution in [3.05, 3.63) is 40.6 Å². The van der Waals surface area contributed by atoms with E-state index in [4.69, 9.17) is 21.1 Å². The second-order valence-electron chi connectivity index (χ2n) is 4.49. The zero-order chi connectivity index (χ0) is 16.0. The van der Waals surface area contributed by atoms with E-state index in [9.17, 15) is 4.39 Å². The molecule has 1 heterocycles. The standard InChI is InChI=1S/C13H16FN3S.CO2/c1-3-9-7-13(2,17-12(16)18-9)10-6-8(15)4-5-11(10)14;2-1-3/h4-7H,3,15H2,1-2H3,(H2,16,17);/t13-;/m0./s1. The van der Waals surface area contributed by atoms with E-state index in [2.05, 4.69) is 4.99 Å². The Morgan fingerprint density at radius 2 is 2.00 bits per heavy atom. The van der Waals surface area contributed by atoms with Crippen LogP contribution in [-0.2, 0) is 15.1 Å². The van der Waals surface area contributed by atoms with Gasteiger partial charge in [-0.25, -0.2) is 9.38 Å². The Morgan fingerprint density at radius 3 is 2.57 bits per heavy atom. The molecule has 0 radical (unpaired) electrons. The molecule has 112 valence electrons. The van der Waals surface area contributed by atoms with Crippen molar-refractivity contribution in [1.82, 2.24) is 0 Å². The summed E-state index contributed by atoms with van der Waals surface area (Å²) >= 11 is 1.43. The van der Waals surface area contributed by atoms with Crippen molar-refractivity contribution in [3.8, 4) is 0 Å². The van der Waals surface area contributed by atoms with Gasteiger partial charge in [0.2, 0.25) is 0 Å². The number of carbonyl (C=O) groups excluding carboxylic acids is 2. The van der Waals surface area contributed by atoms with Crippen molar-refractivity contribution in [2.45, 2.75) is 25.8 Å². The number of thioether (sulfide) groups is 1. The highest BCUT2D eigenvalue weighted by molar-refractivity contribution is 8.17. The van der Waals surface area contributed by atoms with E-state index in [1.54, 1.807) is 6.07 Å². The van der Waals surface area contributed by atoms with Crippen molar-refractivity contribution < 1.29 is 14.0 Å². The van der Waals surface area contributed by atoms with Crippen molar-refractivity contribution >= 4 is 28.8 Å². The van der Waals surface area contributed by atoms with Crippen molar-refractivity contribution in [1.29, 1.82) is 0 Å². The summed E-state index contributed by atoms with van der Waals surface area (Å²) in [4.78, 5) is 21.7. The van der Waals surface area contributed by atoms with E-state index in [1.165, 1.54) is 23.9 Å². The molecule has 1 aliphatic heterocycles. The minimum Gasteiger partial charge on any atom is -0.399 e. The fourth-order valence-corrected chi connectivity index (χ4v) is 2.94. The molecular formula is C14H16FN3O2S. The third-order valence-corrected chi connectivity index (χ3v) is 3.87. The minimum atomic E-state index is -0.778. The van der Waals surface area contributed by atoms with Gasteiger partial charge in [0.05, 0.1) is 0 Å². The molecule has 1 aromatic carbocycles. The van der Waals surface area contributed by atoms with Gasteiger partial charge < -0.3 is 11.5 Å². The van der Waals surface area contributed by atoms with Crippen LogP contribution in [0.15, 0.2) is 34.2 Å². The summed E-state index contributed by atoms with van der Waals surface area (Å²) in [6.07, 6.45) is 3.05. The Balaban J connectivity index is 0.000000677. The van der Waals surface area contributed by atoms with E-state index >= 15 is 0 Å². The van der Waals surface area contributed by atoms with Crippen molar-refractivity contribution in [2.24, 2.45) is 10.7 Å². The summed E-state index contributed by atoms with van der Waals surface area (Å²) in [7, 11) is 0. The summed E-state index contributed by atoms with van der Waals surface area (Å²) in [5.74, 6) is -0.318. The first kappa shape index (κ1) is 16.9. The van der Waals surface area contributed by atoms with Crippen LogP contribution in [0.4, 0.5) is 10.1 Å². The van der Waals surface area contributed by atoms with Crippen LogP contribution >= 0.6 is 11.8 Å². The number of nitrogen functional groups attached to an aromatic ring is 1. The number of aliphatic imine (C=N–C) groups is 1. The second-order valence-corrected chi connectivity index (χ2v) is 5.63. The van der Waals surface area contributed by atoms with Gasteiger partial charge in [0.25, 0.3) is 0 Å². The molecule has 0 aliphatic carbocycles. The third kappa shape index (κ3) is 4.18. The number of allylic oxidation sites excluding steroid dienone is 1. The fourth-order valence-electron chi connectivity index (χ4n) is 2.00. The third-order valence-electron chi connectivity index (χ3n) is 2.90. The summed E-state index contributed by atoms with van der Waals surface area (Å²) in [5, 5.41) is 0.457. The number of halogens is 1. The van der Waals surface area contributed by atoms with E-state index in [0.29, 0.717) is 16.4 Å². The number of amidine groups is 1. The molecule has 5 nitrogen and oxygen atoms in total. The molecule has 0 saturated heterocycles. The molecule has 1 aliphatic rings. The molecule has 0 fully saturated rings. The summed E-state index contributed by atoms with van der Waals surface area (Å²) in [6.45, 7) is 3.88. The lowest BCUT2D eigenvalue weighted by Gasteiger charge is -2.28. The van der Waals surface area contributed by atoms with Gasteiger partial charge in [0.1, 0.15) is 11.4 Å². The maximum Gasteiger partial charge on any atom is 0.373 e. The van der Waals surface area contributed by atoms with Gasteiger partial charge in [-0.2, -0.15) is 9.59 Å². The van der Waals surface area contributed by atoms with Crippen LogP contribution < -0.4 is 11.5 Å². The highest BCUT2D eigenvalue weighted by atomic mass is 32.2. The quantitative estimate of drug-likeness (QED) is 0.817. The molecule has 0 unspecified atom stereocenters. The Morgan fingerprint density at radius 1 is 1.38 bits per heavy atom. The Hall–Kier alpha value is -2.11. The maximum atomic E-state index is 14.0. The van der Waals surface area contributed by atoms with E-state index in [-0.39, 0.29) is 12.0 Å². The molecule has 0 bridgehead atoms. The lowest BCUT2D eigenvalue weighted by Crippen LogP contribution is -2.26. The van der Waals surface area contributed by atoms with Crippen LogP contribution in [0.5, 0.6) is 0 Å². The van der Waals surface area contributed by atoms with Gasteiger partial charge in [-0.3, -0.25) is 0 Å². The summed E-state index contributed by atoms with van der Waals surface area (Å²) < 4.78 is 14.0. The van der Waals surface area contributed by atoms with Crippen LogP contribution in [0.3, 0.4) is 0 Å².